The summed E-state index contributed by atoms with van der Waals surface area (Å²) in [5, 5.41) is 38.6. The standard InChI is InChI=1S/C22H23N5O/c1-17(2)8-19(10-28-9-18-6-4-3-5-7-18)27-16-22(27)11-20(12-23,13-24)21(22,14-25)15-26/h3-7,17,19H,8-11,16H2,1-2H3/t19-,22+,27?/m1/s1. The first-order valence-electron chi connectivity index (χ1n) is 9.47. The van der Waals surface area contributed by atoms with Crippen molar-refractivity contribution < 1.29 is 4.74 Å². The first-order chi connectivity index (χ1) is 13.4. The molecule has 1 aromatic carbocycles. The highest BCUT2D eigenvalue weighted by Crippen LogP contribution is 2.71. The summed E-state index contributed by atoms with van der Waals surface area (Å²) in [6.07, 6.45) is 1.09. The lowest BCUT2D eigenvalue weighted by Gasteiger charge is -2.50. The smallest absolute Gasteiger partial charge is 0.194 e. The highest BCUT2D eigenvalue weighted by Gasteiger charge is 2.86. The van der Waals surface area contributed by atoms with E-state index in [2.05, 4.69) is 18.7 Å². The topological polar surface area (TPSA) is 107 Å². The molecule has 0 amide bonds. The molecule has 0 bridgehead atoms. The third kappa shape index (κ3) is 2.75. The lowest BCUT2D eigenvalue weighted by atomic mass is 9.44. The van der Waals surface area contributed by atoms with E-state index in [4.69, 9.17) is 4.74 Å². The Hall–Kier alpha value is -2.90. The van der Waals surface area contributed by atoms with Gasteiger partial charge in [0.05, 0.1) is 43.0 Å². The first kappa shape index (κ1) is 19.9. The highest BCUT2D eigenvalue weighted by molar-refractivity contribution is 5.53. The van der Waals surface area contributed by atoms with Crippen LogP contribution in [-0.4, -0.2) is 29.6 Å². The van der Waals surface area contributed by atoms with Crippen LogP contribution in [0.25, 0.3) is 0 Å². The summed E-state index contributed by atoms with van der Waals surface area (Å²) in [6, 6.07) is 17.9. The summed E-state index contributed by atoms with van der Waals surface area (Å²) in [4.78, 5) is 2.11. The van der Waals surface area contributed by atoms with Crippen LogP contribution in [0.2, 0.25) is 0 Å². The highest BCUT2D eigenvalue weighted by atomic mass is 16.5. The maximum absolute atomic E-state index is 9.78. The zero-order valence-corrected chi connectivity index (χ0v) is 16.2. The van der Waals surface area contributed by atoms with Gasteiger partial charge in [0, 0.05) is 19.0 Å². The van der Waals surface area contributed by atoms with Crippen molar-refractivity contribution in [3.05, 3.63) is 35.9 Å². The molecule has 0 radical (unpaired) electrons. The molecule has 28 heavy (non-hydrogen) atoms. The van der Waals surface area contributed by atoms with Crippen molar-refractivity contribution in [3.8, 4) is 24.3 Å². The second-order valence-electron chi connectivity index (χ2n) is 8.22. The van der Waals surface area contributed by atoms with Crippen LogP contribution < -0.4 is 0 Å². The molecule has 0 N–H and O–H groups in total. The van der Waals surface area contributed by atoms with Crippen molar-refractivity contribution in [3.63, 3.8) is 0 Å². The molecule has 1 aliphatic carbocycles. The zero-order chi connectivity index (χ0) is 20.4. The number of nitriles is 4. The van der Waals surface area contributed by atoms with Gasteiger partial charge in [0.1, 0.15) is 0 Å². The molecule has 2 fully saturated rings. The van der Waals surface area contributed by atoms with Crippen molar-refractivity contribution >= 4 is 0 Å². The summed E-state index contributed by atoms with van der Waals surface area (Å²) in [7, 11) is 0. The van der Waals surface area contributed by atoms with E-state index in [1.807, 2.05) is 54.6 Å². The van der Waals surface area contributed by atoms with E-state index in [-0.39, 0.29) is 12.5 Å². The van der Waals surface area contributed by atoms with Gasteiger partial charge in [-0.1, -0.05) is 44.2 Å². The molecule has 1 unspecified atom stereocenters. The molecule has 1 spiro atoms. The normalized spacial score (nSPS) is 26.9. The number of rotatable bonds is 7. The number of ether oxygens (including phenoxy) is 1. The number of hydrogen-bond donors (Lipinski definition) is 0. The van der Waals surface area contributed by atoms with Gasteiger partial charge in [0.15, 0.2) is 10.8 Å². The zero-order valence-electron chi connectivity index (χ0n) is 16.2. The SMILES string of the molecule is CC(C)C[C@H](COCc1ccccc1)N1C[C@]12CC(C#N)(C#N)C2(C#N)C#N. The summed E-state index contributed by atoms with van der Waals surface area (Å²) in [5.41, 5.74) is -2.79. The van der Waals surface area contributed by atoms with Crippen LogP contribution in [0, 0.1) is 62.1 Å². The van der Waals surface area contributed by atoms with E-state index in [0.717, 1.165) is 12.0 Å². The minimum absolute atomic E-state index is 0.0418. The van der Waals surface area contributed by atoms with Gasteiger partial charge < -0.3 is 4.74 Å². The van der Waals surface area contributed by atoms with Gasteiger partial charge in [-0.15, -0.1) is 0 Å². The van der Waals surface area contributed by atoms with Gasteiger partial charge in [-0.2, -0.15) is 21.0 Å². The van der Waals surface area contributed by atoms with Crippen LogP contribution in [0.3, 0.4) is 0 Å². The average molecular weight is 373 g/mol. The van der Waals surface area contributed by atoms with Gasteiger partial charge in [-0.05, 0) is 17.9 Å². The van der Waals surface area contributed by atoms with Crippen molar-refractivity contribution in [2.45, 2.75) is 44.9 Å². The molecule has 6 heteroatoms. The van der Waals surface area contributed by atoms with Gasteiger partial charge >= 0.3 is 0 Å². The minimum atomic E-state index is -1.61. The fourth-order valence-electron chi connectivity index (χ4n) is 4.62. The van der Waals surface area contributed by atoms with E-state index in [9.17, 15) is 21.0 Å². The maximum atomic E-state index is 9.78. The monoisotopic (exact) mass is 373 g/mol. The second-order valence-corrected chi connectivity index (χ2v) is 8.22. The lowest BCUT2D eigenvalue weighted by molar-refractivity contribution is -0.000756. The van der Waals surface area contributed by atoms with Crippen molar-refractivity contribution in [2.75, 3.05) is 13.2 Å². The van der Waals surface area contributed by atoms with Crippen LogP contribution in [0.4, 0.5) is 0 Å². The number of benzene rings is 1. The quantitative estimate of drug-likeness (QED) is 0.680. The molecule has 6 nitrogen and oxygen atoms in total. The Morgan fingerprint density at radius 1 is 1.04 bits per heavy atom. The van der Waals surface area contributed by atoms with E-state index >= 15 is 0 Å². The number of nitrogens with zero attached hydrogens (tertiary/aromatic N) is 5. The fraction of sp³-hybridized carbons (Fsp3) is 0.545. The third-order valence-corrected chi connectivity index (χ3v) is 6.10. The van der Waals surface area contributed by atoms with E-state index in [1.165, 1.54) is 0 Å². The van der Waals surface area contributed by atoms with Crippen LogP contribution in [0.15, 0.2) is 30.3 Å². The van der Waals surface area contributed by atoms with Gasteiger partial charge in [0.2, 0.25) is 0 Å². The van der Waals surface area contributed by atoms with E-state index < -0.39 is 16.4 Å². The summed E-state index contributed by atoms with van der Waals surface area (Å²) in [6.45, 7) is 5.77. The molecule has 1 saturated heterocycles. The van der Waals surface area contributed by atoms with Crippen molar-refractivity contribution in [1.29, 1.82) is 21.0 Å². The third-order valence-electron chi connectivity index (χ3n) is 6.10. The van der Waals surface area contributed by atoms with Gasteiger partial charge in [-0.3, -0.25) is 4.90 Å². The molecule has 3 atom stereocenters. The Morgan fingerprint density at radius 3 is 2.21 bits per heavy atom. The Bertz CT molecular complexity index is 870. The molecule has 1 heterocycles. The van der Waals surface area contributed by atoms with Crippen LogP contribution in [0.1, 0.15) is 32.3 Å². The van der Waals surface area contributed by atoms with Crippen LogP contribution in [-0.2, 0) is 11.3 Å². The Kier molecular flexibility index (Phi) is 5.14. The lowest BCUT2D eigenvalue weighted by Crippen LogP contribution is -2.64. The Labute approximate surface area is 166 Å². The molecule has 1 saturated carbocycles. The van der Waals surface area contributed by atoms with Crippen molar-refractivity contribution in [1.82, 2.24) is 4.90 Å². The van der Waals surface area contributed by atoms with Gasteiger partial charge in [-0.25, -0.2) is 0 Å². The Balaban J connectivity index is 1.75. The molecule has 2 aliphatic rings. The van der Waals surface area contributed by atoms with E-state index in [0.29, 0.717) is 25.7 Å². The summed E-state index contributed by atoms with van der Waals surface area (Å²) >= 11 is 0. The van der Waals surface area contributed by atoms with Crippen LogP contribution in [0.5, 0.6) is 0 Å². The Morgan fingerprint density at radius 2 is 1.68 bits per heavy atom. The summed E-state index contributed by atoms with van der Waals surface area (Å²) in [5.74, 6) is 0.415. The predicted molar refractivity (Wildman–Crippen MR) is 101 cm³/mol. The van der Waals surface area contributed by atoms with E-state index in [1.54, 1.807) is 0 Å². The predicted octanol–water partition coefficient (Wildman–Crippen LogP) is 3.14. The number of hydrogen-bond acceptors (Lipinski definition) is 6. The molecule has 142 valence electrons. The maximum Gasteiger partial charge on any atom is 0.194 e. The summed E-state index contributed by atoms with van der Waals surface area (Å²) < 4.78 is 5.95. The molecular weight excluding hydrogens is 350 g/mol. The van der Waals surface area contributed by atoms with Crippen LogP contribution >= 0.6 is 0 Å². The average Bonchev–Trinajstić information content (AvgIpc) is 3.44. The van der Waals surface area contributed by atoms with Gasteiger partial charge in [0.25, 0.3) is 0 Å². The largest absolute Gasteiger partial charge is 0.375 e. The molecular formula is C22H23N5O. The molecule has 3 rings (SSSR count). The first-order valence-corrected chi connectivity index (χ1v) is 9.47. The molecule has 1 aromatic rings. The fourth-order valence-corrected chi connectivity index (χ4v) is 4.62. The minimum Gasteiger partial charge on any atom is -0.375 e. The second kappa shape index (κ2) is 7.26. The molecule has 1 aliphatic heterocycles. The van der Waals surface area contributed by atoms with Crippen molar-refractivity contribution in [2.24, 2.45) is 16.7 Å². The molecule has 0 aromatic heterocycles.